The summed E-state index contributed by atoms with van der Waals surface area (Å²) < 4.78 is 26.4. The number of sulfonamides is 1. The summed E-state index contributed by atoms with van der Waals surface area (Å²) in [7, 11) is -3.33. The summed E-state index contributed by atoms with van der Waals surface area (Å²) in [6, 6.07) is 7.40. The van der Waals surface area contributed by atoms with Crippen LogP contribution in [0.3, 0.4) is 0 Å². The van der Waals surface area contributed by atoms with Crippen molar-refractivity contribution in [2.45, 2.75) is 31.2 Å². The molecule has 100 valence electrons. The number of piperazine rings is 1. The molecule has 0 aromatic heterocycles. The number of nitrogens with zero attached hydrogens (tertiary/aromatic N) is 1. The molecule has 1 aliphatic heterocycles. The highest BCUT2D eigenvalue weighted by molar-refractivity contribution is 7.89. The van der Waals surface area contributed by atoms with Gasteiger partial charge in [-0.1, -0.05) is 19.1 Å². The third kappa shape index (κ3) is 2.74. The van der Waals surface area contributed by atoms with Crippen molar-refractivity contribution in [3.8, 4) is 0 Å². The van der Waals surface area contributed by atoms with Crippen LogP contribution in [0, 0.1) is 0 Å². The number of aryl methyl sites for hydroxylation is 1. The summed E-state index contributed by atoms with van der Waals surface area (Å²) in [5.41, 5.74) is 1.16. The van der Waals surface area contributed by atoms with Crippen molar-refractivity contribution in [1.82, 2.24) is 9.62 Å². The van der Waals surface area contributed by atoms with E-state index < -0.39 is 10.0 Å². The Labute approximate surface area is 109 Å². The van der Waals surface area contributed by atoms with Gasteiger partial charge in [-0.15, -0.1) is 0 Å². The van der Waals surface area contributed by atoms with Gasteiger partial charge in [-0.25, -0.2) is 8.42 Å². The average molecular weight is 268 g/mol. The fourth-order valence-corrected chi connectivity index (χ4v) is 3.69. The van der Waals surface area contributed by atoms with Crippen molar-refractivity contribution in [2.24, 2.45) is 0 Å². The first-order chi connectivity index (χ1) is 8.54. The van der Waals surface area contributed by atoms with E-state index in [1.165, 1.54) is 0 Å². The lowest BCUT2D eigenvalue weighted by Crippen LogP contribution is -2.51. The van der Waals surface area contributed by atoms with Gasteiger partial charge in [-0.2, -0.15) is 4.31 Å². The zero-order valence-electron chi connectivity index (χ0n) is 10.9. The Hall–Kier alpha value is -0.910. The van der Waals surface area contributed by atoms with Gasteiger partial charge in [-0.3, -0.25) is 0 Å². The van der Waals surface area contributed by atoms with Crippen molar-refractivity contribution in [1.29, 1.82) is 0 Å². The number of hydrogen-bond donors (Lipinski definition) is 1. The molecule has 0 amide bonds. The number of nitrogens with one attached hydrogen (secondary N) is 1. The molecule has 1 N–H and O–H groups in total. The van der Waals surface area contributed by atoms with Crippen molar-refractivity contribution in [3.63, 3.8) is 0 Å². The smallest absolute Gasteiger partial charge is 0.243 e. The summed E-state index contributed by atoms with van der Waals surface area (Å²) in [5, 5.41) is 3.25. The summed E-state index contributed by atoms with van der Waals surface area (Å²) >= 11 is 0. The molecule has 1 fully saturated rings. The number of hydrogen-bond acceptors (Lipinski definition) is 3. The average Bonchev–Trinajstić information content (AvgIpc) is 2.39. The van der Waals surface area contributed by atoms with Gasteiger partial charge >= 0.3 is 0 Å². The second kappa shape index (κ2) is 5.38. The molecule has 18 heavy (non-hydrogen) atoms. The second-order valence-electron chi connectivity index (χ2n) is 4.72. The zero-order chi connectivity index (χ0) is 13.2. The Morgan fingerprint density at radius 2 is 2.00 bits per heavy atom. The van der Waals surface area contributed by atoms with Crippen LogP contribution < -0.4 is 5.32 Å². The minimum atomic E-state index is -3.33. The molecule has 0 radical (unpaired) electrons. The lowest BCUT2D eigenvalue weighted by atomic mass is 10.2. The maximum absolute atomic E-state index is 12.4. The molecule has 1 heterocycles. The van der Waals surface area contributed by atoms with Crippen LogP contribution in [-0.4, -0.2) is 38.4 Å². The van der Waals surface area contributed by atoms with E-state index in [-0.39, 0.29) is 6.04 Å². The molecule has 1 aromatic carbocycles. The predicted octanol–water partition coefficient (Wildman–Crippen LogP) is 1.23. The van der Waals surface area contributed by atoms with E-state index in [1.54, 1.807) is 16.4 Å². The fraction of sp³-hybridized carbons (Fsp3) is 0.538. The van der Waals surface area contributed by atoms with Crippen LogP contribution in [0.1, 0.15) is 19.4 Å². The van der Waals surface area contributed by atoms with Crippen molar-refractivity contribution in [2.75, 3.05) is 19.6 Å². The lowest BCUT2D eigenvalue weighted by Gasteiger charge is -2.31. The molecule has 5 heteroatoms. The Morgan fingerprint density at radius 1 is 1.33 bits per heavy atom. The third-order valence-corrected chi connectivity index (χ3v) is 5.18. The van der Waals surface area contributed by atoms with Crippen LogP contribution in [0.25, 0.3) is 0 Å². The zero-order valence-corrected chi connectivity index (χ0v) is 11.7. The van der Waals surface area contributed by atoms with Crippen LogP contribution in [0.2, 0.25) is 0 Å². The standard InChI is InChI=1S/C13H20N2O2S/c1-3-12-4-6-13(7-5-12)18(16,17)15-9-8-14-11(2)10-15/h4-7,11,14H,3,8-10H2,1-2H3. The van der Waals surface area contributed by atoms with Crippen LogP contribution in [-0.2, 0) is 16.4 Å². The van der Waals surface area contributed by atoms with E-state index in [0.717, 1.165) is 12.0 Å². The normalized spacial score (nSPS) is 22.0. The summed E-state index contributed by atoms with van der Waals surface area (Å²) in [4.78, 5) is 0.397. The quantitative estimate of drug-likeness (QED) is 0.897. The molecular weight excluding hydrogens is 248 g/mol. The van der Waals surface area contributed by atoms with Crippen LogP contribution in [0.5, 0.6) is 0 Å². The van der Waals surface area contributed by atoms with Gasteiger partial charge in [0.25, 0.3) is 0 Å². The molecule has 4 nitrogen and oxygen atoms in total. The van der Waals surface area contributed by atoms with Crippen LogP contribution >= 0.6 is 0 Å². The summed E-state index contributed by atoms with van der Waals surface area (Å²) in [6.07, 6.45) is 0.922. The molecule has 0 aliphatic carbocycles. The highest BCUT2D eigenvalue weighted by Crippen LogP contribution is 2.18. The Balaban J connectivity index is 2.23. The van der Waals surface area contributed by atoms with Crippen molar-refractivity contribution >= 4 is 10.0 Å². The number of rotatable bonds is 3. The fourth-order valence-electron chi connectivity index (χ4n) is 2.16. The van der Waals surface area contributed by atoms with Gasteiger partial charge in [0.1, 0.15) is 0 Å². The first-order valence-corrected chi connectivity index (χ1v) is 7.80. The SMILES string of the molecule is CCc1ccc(S(=O)(=O)N2CCNC(C)C2)cc1. The third-order valence-electron chi connectivity index (χ3n) is 3.30. The topological polar surface area (TPSA) is 49.4 Å². The molecule has 1 atom stereocenters. The number of benzene rings is 1. The van der Waals surface area contributed by atoms with Gasteiger partial charge < -0.3 is 5.32 Å². The molecule has 1 aromatic rings. The van der Waals surface area contributed by atoms with Gasteiger partial charge in [0.2, 0.25) is 10.0 Å². The first kappa shape index (κ1) is 13.5. The van der Waals surface area contributed by atoms with Gasteiger partial charge in [-0.05, 0) is 31.0 Å². The van der Waals surface area contributed by atoms with Gasteiger partial charge in [0, 0.05) is 25.7 Å². The maximum Gasteiger partial charge on any atom is 0.243 e. The highest BCUT2D eigenvalue weighted by Gasteiger charge is 2.28. The Kier molecular flexibility index (Phi) is 4.04. The molecule has 0 saturated carbocycles. The van der Waals surface area contributed by atoms with Crippen molar-refractivity contribution < 1.29 is 8.42 Å². The van der Waals surface area contributed by atoms with E-state index in [0.29, 0.717) is 24.5 Å². The minimum absolute atomic E-state index is 0.212. The van der Waals surface area contributed by atoms with Gasteiger partial charge in [0.05, 0.1) is 4.90 Å². The molecule has 0 spiro atoms. The van der Waals surface area contributed by atoms with E-state index in [4.69, 9.17) is 0 Å². The lowest BCUT2D eigenvalue weighted by molar-refractivity contribution is 0.310. The minimum Gasteiger partial charge on any atom is -0.312 e. The summed E-state index contributed by atoms with van der Waals surface area (Å²) in [6.45, 7) is 5.86. The van der Waals surface area contributed by atoms with E-state index in [1.807, 2.05) is 19.1 Å². The monoisotopic (exact) mass is 268 g/mol. The highest BCUT2D eigenvalue weighted by atomic mass is 32.2. The van der Waals surface area contributed by atoms with Crippen molar-refractivity contribution in [3.05, 3.63) is 29.8 Å². The maximum atomic E-state index is 12.4. The molecule has 2 rings (SSSR count). The van der Waals surface area contributed by atoms with Crippen LogP contribution in [0.4, 0.5) is 0 Å². The van der Waals surface area contributed by atoms with E-state index in [9.17, 15) is 8.42 Å². The molecular formula is C13H20N2O2S. The first-order valence-electron chi connectivity index (χ1n) is 6.36. The molecule has 1 unspecified atom stereocenters. The largest absolute Gasteiger partial charge is 0.312 e. The Morgan fingerprint density at radius 3 is 2.56 bits per heavy atom. The second-order valence-corrected chi connectivity index (χ2v) is 6.65. The summed E-state index contributed by atoms with van der Waals surface area (Å²) in [5.74, 6) is 0. The van der Waals surface area contributed by atoms with Gasteiger partial charge in [0.15, 0.2) is 0 Å². The molecule has 1 aliphatic rings. The molecule has 0 bridgehead atoms. The van der Waals surface area contributed by atoms with E-state index in [2.05, 4.69) is 12.2 Å². The van der Waals surface area contributed by atoms with E-state index >= 15 is 0 Å². The van der Waals surface area contributed by atoms with Crippen LogP contribution in [0.15, 0.2) is 29.2 Å². The molecule has 1 saturated heterocycles. The Bertz CT molecular complexity index is 496. The predicted molar refractivity (Wildman–Crippen MR) is 72.0 cm³/mol.